The van der Waals surface area contributed by atoms with Crippen LogP contribution in [0.3, 0.4) is 0 Å². The first-order valence-corrected chi connectivity index (χ1v) is 5.61. The number of anilines is 1. The Morgan fingerprint density at radius 3 is 2.94 bits per heavy atom. The number of benzene rings is 1. The van der Waals surface area contributed by atoms with Crippen molar-refractivity contribution in [1.82, 2.24) is 5.32 Å². The first-order chi connectivity index (χ1) is 8.56. The minimum absolute atomic E-state index is 0.000589. The summed E-state index contributed by atoms with van der Waals surface area (Å²) in [5.41, 5.74) is 5.92. The molecule has 0 aliphatic carbocycles. The summed E-state index contributed by atoms with van der Waals surface area (Å²) in [6.07, 6.45) is 1.19. The fraction of sp³-hybridized carbons (Fsp3) is 0.333. The van der Waals surface area contributed by atoms with Crippen LogP contribution in [-0.4, -0.2) is 29.6 Å². The predicted molar refractivity (Wildman–Crippen MR) is 64.5 cm³/mol. The molecule has 0 saturated carbocycles. The molecule has 0 aromatic heterocycles. The Bertz CT molecular complexity index is 487. The van der Waals surface area contributed by atoms with E-state index in [9.17, 15) is 9.59 Å². The zero-order valence-corrected chi connectivity index (χ0v) is 9.68. The second-order valence-corrected chi connectivity index (χ2v) is 4.17. The van der Waals surface area contributed by atoms with Gasteiger partial charge in [-0.25, -0.2) is 4.79 Å². The van der Waals surface area contributed by atoms with Gasteiger partial charge in [-0.15, -0.1) is 0 Å². The third-order valence-corrected chi connectivity index (χ3v) is 2.76. The van der Waals surface area contributed by atoms with E-state index < -0.39 is 5.97 Å². The molecule has 1 amide bonds. The number of nitrogens with two attached hydrogens (primary N) is 1. The number of ether oxygens (including phenoxy) is 1. The number of carbonyl (C=O) groups excluding carboxylic acids is 1. The quantitative estimate of drug-likeness (QED) is 0.680. The zero-order chi connectivity index (χ0) is 13.1. The fourth-order valence-corrected chi connectivity index (χ4v) is 1.83. The minimum Gasteiger partial charge on any atom is -0.491 e. The van der Waals surface area contributed by atoms with Crippen LogP contribution < -0.4 is 15.8 Å². The highest BCUT2D eigenvalue weighted by molar-refractivity contribution is 5.92. The number of carboxylic acid groups (broad SMARTS) is 1. The molecule has 1 saturated heterocycles. The van der Waals surface area contributed by atoms with Gasteiger partial charge < -0.3 is 20.9 Å². The highest BCUT2D eigenvalue weighted by Crippen LogP contribution is 2.22. The molecule has 1 unspecified atom stereocenters. The van der Waals surface area contributed by atoms with Gasteiger partial charge in [0.15, 0.2) is 0 Å². The molecule has 1 aliphatic rings. The van der Waals surface area contributed by atoms with Gasteiger partial charge in [-0.1, -0.05) is 0 Å². The molecule has 1 aliphatic heterocycles. The maximum Gasteiger partial charge on any atom is 0.339 e. The van der Waals surface area contributed by atoms with E-state index in [0.29, 0.717) is 18.5 Å². The van der Waals surface area contributed by atoms with Crippen molar-refractivity contribution in [1.29, 1.82) is 0 Å². The van der Waals surface area contributed by atoms with Crippen LogP contribution in [0.2, 0.25) is 0 Å². The third kappa shape index (κ3) is 2.71. The van der Waals surface area contributed by atoms with Gasteiger partial charge in [-0.3, -0.25) is 4.79 Å². The predicted octanol–water partition coefficient (Wildman–Crippen LogP) is 0.624. The molecule has 4 N–H and O–H groups in total. The number of hydrogen-bond donors (Lipinski definition) is 3. The number of nitrogen functional groups attached to an aromatic ring is 1. The van der Waals surface area contributed by atoms with E-state index >= 15 is 0 Å². The van der Waals surface area contributed by atoms with Crippen LogP contribution in [0.1, 0.15) is 23.2 Å². The molecule has 1 fully saturated rings. The first-order valence-electron chi connectivity index (χ1n) is 5.61. The van der Waals surface area contributed by atoms with Crippen molar-refractivity contribution in [2.45, 2.75) is 18.9 Å². The van der Waals surface area contributed by atoms with Gasteiger partial charge in [0.25, 0.3) is 0 Å². The van der Waals surface area contributed by atoms with Gasteiger partial charge in [-0.2, -0.15) is 0 Å². The van der Waals surface area contributed by atoms with Crippen LogP contribution in [0, 0.1) is 0 Å². The molecular formula is C12H14N2O4. The Morgan fingerprint density at radius 1 is 1.56 bits per heavy atom. The van der Waals surface area contributed by atoms with Gasteiger partial charge in [0, 0.05) is 12.1 Å². The highest BCUT2D eigenvalue weighted by atomic mass is 16.5. The average molecular weight is 250 g/mol. The van der Waals surface area contributed by atoms with E-state index in [1.165, 1.54) is 12.1 Å². The second kappa shape index (κ2) is 4.95. The normalized spacial score (nSPS) is 18.4. The van der Waals surface area contributed by atoms with Crippen LogP contribution in [0.15, 0.2) is 18.2 Å². The van der Waals surface area contributed by atoms with Crippen LogP contribution >= 0.6 is 0 Å². The Kier molecular flexibility index (Phi) is 3.36. The lowest BCUT2D eigenvalue weighted by molar-refractivity contribution is -0.119. The molecule has 18 heavy (non-hydrogen) atoms. The summed E-state index contributed by atoms with van der Waals surface area (Å²) in [7, 11) is 0. The number of hydrogen-bond acceptors (Lipinski definition) is 4. The number of carbonyl (C=O) groups is 2. The van der Waals surface area contributed by atoms with Crippen molar-refractivity contribution in [3.63, 3.8) is 0 Å². The van der Waals surface area contributed by atoms with Crippen LogP contribution in [0.4, 0.5) is 5.69 Å². The van der Waals surface area contributed by atoms with Crippen molar-refractivity contribution < 1.29 is 19.4 Å². The van der Waals surface area contributed by atoms with E-state index in [1.807, 2.05) is 0 Å². The van der Waals surface area contributed by atoms with Crippen molar-refractivity contribution in [2.24, 2.45) is 0 Å². The van der Waals surface area contributed by atoms with Gasteiger partial charge in [-0.05, 0) is 24.6 Å². The van der Waals surface area contributed by atoms with E-state index in [4.69, 9.17) is 15.6 Å². The van der Waals surface area contributed by atoms with E-state index in [2.05, 4.69) is 5.32 Å². The lowest BCUT2D eigenvalue weighted by Gasteiger charge is -2.13. The molecule has 0 radical (unpaired) electrons. The van der Waals surface area contributed by atoms with Crippen molar-refractivity contribution in [3.05, 3.63) is 23.8 Å². The maximum absolute atomic E-state index is 11.0. The van der Waals surface area contributed by atoms with Gasteiger partial charge in [0.2, 0.25) is 5.91 Å². The Balaban J connectivity index is 2.04. The number of nitrogens with one attached hydrogen (secondary N) is 1. The summed E-state index contributed by atoms with van der Waals surface area (Å²) >= 11 is 0. The minimum atomic E-state index is -1.09. The maximum atomic E-state index is 11.0. The molecule has 1 heterocycles. The topological polar surface area (TPSA) is 102 Å². The number of amides is 1. The average Bonchev–Trinajstić information content (AvgIpc) is 2.73. The van der Waals surface area contributed by atoms with E-state index in [1.54, 1.807) is 6.07 Å². The molecule has 6 nitrogen and oxygen atoms in total. The number of aromatic carboxylic acids is 1. The van der Waals surface area contributed by atoms with Crippen molar-refractivity contribution in [2.75, 3.05) is 12.3 Å². The molecule has 0 bridgehead atoms. The molecule has 1 atom stereocenters. The van der Waals surface area contributed by atoms with Gasteiger partial charge in [0.05, 0.1) is 6.04 Å². The largest absolute Gasteiger partial charge is 0.491 e. The van der Waals surface area contributed by atoms with Crippen molar-refractivity contribution >= 4 is 17.6 Å². The number of carboxylic acids is 1. The summed E-state index contributed by atoms with van der Waals surface area (Å²) in [5, 5.41) is 11.8. The summed E-state index contributed by atoms with van der Waals surface area (Å²) in [5.74, 6) is -0.829. The van der Waals surface area contributed by atoms with Crippen LogP contribution in [-0.2, 0) is 4.79 Å². The van der Waals surface area contributed by atoms with Crippen molar-refractivity contribution in [3.8, 4) is 5.75 Å². The molecule has 1 aromatic rings. The van der Waals surface area contributed by atoms with Crippen LogP contribution in [0.25, 0.3) is 0 Å². The third-order valence-electron chi connectivity index (χ3n) is 2.76. The second-order valence-electron chi connectivity index (χ2n) is 4.17. The molecule has 0 spiro atoms. The first kappa shape index (κ1) is 12.2. The zero-order valence-electron chi connectivity index (χ0n) is 9.68. The lowest BCUT2D eigenvalue weighted by atomic mass is 10.2. The molecule has 6 heteroatoms. The monoisotopic (exact) mass is 250 g/mol. The summed E-state index contributed by atoms with van der Waals surface area (Å²) in [4.78, 5) is 22.0. The number of rotatable bonds is 4. The summed E-state index contributed by atoms with van der Waals surface area (Å²) in [6, 6.07) is 4.40. The smallest absolute Gasteiger partial charge is 0.339 e. The highest BCUT2D eigenvalue weighted by Gasteiger charge is 2.22. The Hall–Kier alpha value is -2.24. The Morgan fingerprint density at radius 2 is 2.33 bits per heavy atom. The lowest BCUT2D eigenvalue weighted by Crippen LogP contribution is -2.31. The molecular weight excluding hydrogens is 236 g/mol. The van der Waals surface area contributed by atoms with E-state index in [0.717, 1.165) is 0 Å². The van der Waals surface area contributed by atoms with Gasteiger partial charge >= 0.3 is 5.97 Å². The standard InChI is InChI=1S/C12H14N2O4/c13-7-1-3-10(9(5-7)12(16)17)18-6-8-2-4-11(15)14-8/h1,3,5,8H,2,4,6,13H2,(H,14,15)(H,16,17). The summed E-state index contributed by atoms with van der Waals surface area (Å²) in [6.45, 7) is 0.260. The Labute approximate surface area is 104 Å². The molecule has 1 aromatic carbocycles. The van der Waals surface area contributed by atoms with Gasteiger partial charge in [0.1, 0.15) is 17.9 Å². The van der Waals surface area contributed by atoms with E-state index in [-0.39, 0.29) is 29.9 Å². The molecule has 96 valence electrons. The summed E-state index contributed by atoms with van der Waals surface area (Å²) < 4.78 is 5.43. The molecule has 2 rings (SSSR count). The fourth-order valence-electron chi connectivity index (χ4n) is 1.83. The SMILES string of the molecule is Nc1ccc(OCC2CCC(=O)N2)c(C(=O)O)c1. The van der Waals surface area contributed by atoms with Crippen LogP contribution in [0.5, 0.6) is 5.75 Å².